The maximum Gasteiger partial charge on any atom is 0.124 e. The average Bonchev–Trinajstić information content (AvgIpc) is 2.82. The normalized spacial score (nSPS) is 10.8. The van der Waals surface area contributed by atoms with Crippen molar-refractivity contribution in [3.05, 3.63) is 63.7 Å². The Balaban J connectivity index is 2.08. The van der Waals surface area contributed by atoms with Crippen molar-refractivity contribution in [3.63, 3.8) is 0 Å². The maximum atomic E-state index is 13.0. The summed E-state index contributed by atoms with van der Waals surface area (Å²) in [6.45, 7) is 2.06. The number of nitrogens with zero attached hydrogens (tertiary/aromatic N) is 1. The summed E-state index contributed by atoms with van der Waals surface area (Å²) in [5, 5.41) is 0.910. The van der Waals surface area contributed by atoms with E-state index in [9.17, 15) is 4.39 Å². The average molecular weight is 348 g/mol. The number of rotatable bonds is 2. The Labute approximate surface area is 129 Å². The van der Waals surface area contributed by atoms with E-state index in [1.54, 1.807) is 23.5 Å². The van der Waals surface area contributed by atoms with Gasteiger partial charge in [-0.15, -0.1) is 11.3 Å². The molecule has 0 aliphatic heterocycles. The van der Waals surface area contributed by atoms with Gasteiger partial charge in [-0.25, -0.2) is 9.37 Å². The van der Waals surface area contributed by atoms with E-state index in [4.69, 9.17) is 4.98 Å². The molecule has 2 aromatic carbocycles. The SMILES string of the molecule is Cc1sc(-c2ccc(F)cc2)nc1-c1ccccc1Br. The molecule has 1 heterocycles. The predicted octanol–water partition coefficient (Wildman–Crippen LogP) is 5.69. The van der Waals surface area contributed by atoms with Crippen LogP contribution in [-0.2, 0) is 0 Å². The van der Waals surface area contributed by atoms with Crippen LogP contribution in [0.2, 0.25) is 0 Å². The zero-order valence-corrected chi connectivity index (χ0v) is 13.1. The van der Waals surface area contributed by atoms with E-state index in [2.05, 4.69) is 22.9 Å². The van der Waals surface area contributed by atoms with E-state index in [0.717, 1.165) is 31.2 Å². The predicted molar refractivity (Wildman–Crippen MR) is 85.4 cm³/mol. The maximum absolute atomic E-state index is 13.0. The van der Waals surface area contributed by atoms with E-state index in [1.165, 1.54) is 12.1 Å². The molecule has 0 saturated carbocycles. The first-order valence-corrected chi connectivity index (χ1v) is 7.74. The summed E-state index contributed by atoms with van der Waals surface area (Å²) in [7, 11) is 0. The molecule has 100 valence electrons. The minimum absolute atomic E-state index is 0.229. The van der Waals surface area contributed by atoms with Gasteiger partial charge in [0.2, 0.25) is 0 Å². The molecule has 0 atom stereocenters. The van der Waals surface area contributed by atoms with Gasteiger partial charge in [0, 0.05) is 20.5 Å². The van der Waals surface area contributed by atoms with Crippen molar-refractivity contribution in [2.75, 3.05) is 0 Å². The van der Waals surface area contributed by atoms with Gasteiger partial charge in [0.1, 0.15) is 10.8 Å². The fourth-order valence-electron chi connectivity index (χ4n) is 2.02. The molecule has 3 aromatic rings. The van der Waals surface area contributed by atoms with Crippen LogP contribution in [0.3, 0.4) is 0 Å². The standard InChI is InChI=1S/C16H11BrFNS/c1-10-15(13-4-2-3-5-14(13)17)19-16(20-10)11-6-8-12(18)9-7-11/h2-9H,1H3. The van der Waals surface area contributed by atoms with Gasteiger partial charge in [-0.1, -0.05) is 34.1 Å². The van der Waals surface area contributed by atoms with Crippen molar-refractivity contribution in [2.24, 2.45) is 0 Å². The monoisotopic (exact) mass is 347 g/mol. The van der Waals surface area contributed by atoms with Crippen molar-refractivity contribution in [1.29, 1.82) is 0 Å². The highest BCUT2D eigenvalue weighted by molar-refractivity contribution is 9.10. The lowest BCUT2D eigenvalue weighted by atomic mass is 10.1. The summed E-state index contributed by atoms with van der Waals surface area (Å²) in [6.07, 6.45) is 0. The summed E-state index contributed by atoms with van der Waals surface area (Å²) in [5.41, 5.74) is 2.99. The molecule has 0 fully saturated rings. The van der Waals surface area contributed by atoms with E-state index in [-0.39, 0.29) is 5.82 Å². The third-order valence-corrected chi connectivity index (χ3v) is 4.73. The van der Waals surface area contributed by atoms with Crippen molar-refractivity contribution in [2.45, 2.75) is 6.92 Å². The van der Waals surface area contributed by atoms with E-state index < -0.39 is 0 Å². The molecule has 4 heteroatoms. The van der Waals surface area contributed by atoms with Crippen LogP contribution in [0.4, 0.5) is 4.39 Å². The first-order chi connectivity index (χ1) is 9.65. The summed E-state index contributed by atoms with van der Waals surface area (Å²) in [5.74, 6) is -0.229. The molecule has 1 nitrogen and oxygen atoms in total. The Kier molecular flexibility index (Phi) is 3.68. The van der Waals surface area contributed by atoms with E-state index in [1.807, 2.05) is 24.3 Å². The number of hydrogen-bond donors (Lipinski definition) is 0. The Bertz CT molecular complexity index is 749. The second kappa shape index (κ2) is 5.46. The molecule has 0 aliphatic carbocycles. The topological polar surface area (TPSA) is 12.9 Å². The second-order valence-corrected chi connectivity index (χ2v) is 6.47. The molecule has 0 saturated heterocycles. The molecule has 0 N–H and O–H groups in total. The number of benzene rings is 2. The van der Waals surface area contributed by atoms with Crippen LogP contribution >= 0.6 is 27.3 Å². The van der Waals surface area contributed by atoms with E-state index in [0.29, 0.717) is 0 Å². The van der Waals surface area contributed by atoms with Crippen molar-refractivity contribution < 1.29 is 4.39 Å². The molecule has 0 aliphatic rings. The van der Waals surface area contributed by atoms with Crippen LogP contribution < -0.4 is 0 Å². The number of halogens is 2. The zero-order valence-electron chi connectivity index (χ0n) is 10.7. The third kappa shape index (κ3) is 2.53. The fraction of sp³-hybridized carbons (Fsp3) is 0.0625. The second-order valence-electron chi connectivity index (χ2n) is 4.41. The minimum atomic E-state index is -0.229. The number of hydrogen-bond acceptors (Lipinski definition) is 2. The third-order valence-electron chi connectivity index (χ3n) is 3.02. The zero-order chi connectivity index (χ0) is 14.1. The van der Waals surface area contributed by atoms with Gasteiger partial charge in [0.15, 0.2) is 0 Å². The van der Waals surface area contributed by atoms with Crippen LogP contribution in [-0.4, -0.2) is 4.98 Å². The highest BCUT2D eigenvalue weighted by atomic mass is 79.9. The van der Waals surface area contributed by atoms with Crippen molar-refractivity contribution in [3.8, 4) is 21.8 Å². The van der Waals surface area contributed by atoms with Crippen LogP contribution in [0.15, 0.2) is 53.0 Å². The first kappa shape index (κ1) is 13.5. The molecular formula is C16H11BrFNS. The number of aryl methyl sites for hydroxylation is 1. The number of aromatic nitrogens is 1. The minimum Gasteiger partial charge on any atom is -0.236 e. The molecule has 0 bridgehead atoms. The Morgan fingerprint density at radius 2 is 1.75 bits per heavy atom. The summed E-state index contributed by atoms with van der Waals surface area (Å²) < 4.78 is 14.0. The van der Waals surface area contributed by atoms with Gasteiger partial charge in [0.05, 0.1) is 5.69 Å². The van der Waals surface area contributed by atoms with Gasteiger partial charge < -0.3 is 0 Å². The summed E-state index contributed by atoms with van der Waals surface area (Å²) in [6, 6.07) is 14.5. The van der Waals surface area contributed by atoms with Crippen LogP contribution in [0, 0.1) is 12.7 Å². The lowest BCUT2D eigenvalue weighted by Crippen LogP contribution is -1.83. The van der Waals surface area contributed by atoms with Gasteiger partial charge in [-0.2, -0.15) is 0 Å². The van der Waals surface area contributed by atoms with Gasteiger partial charge >= 0.3 is 0 Å². The lowest BCUT2D eigenvalue weighted by molar-refractivity contribution is 0.628. The Hall–Kier alpha value is -1.52. The smallest absolute Gasteiger partial charge is 0.124 e. The lowest BCUT2D eigenvalue weighted by Gasteiger charge is -2.01. The van der Waals surface area contributed by atoms with Crippen molar-refractivity contribution >= 4 is 27.3 Å². The van der Waals surface area contributed by atoms with Crippen LogP contribution in [0.25, 0.3) is 21.8 Å². The van der Waals surface area contributed by atoms with Gasteiger partial charge in [-0.3, -0.25) is 0 Å². The highest BCUT2D eigenvalue weighted by Crippen LogP contribution is 2.36. The molecule has 0 spiro atoms. The van der Waals surface area contributed by atoms with Crippen molar-refractivity contribution in [1.82, 2.24) is 4.98 Å². The molecular weight excluding hydrogens is 337 g/mol. The Morgan fingerprint density at radius 3 is 2.45 bits per heavy atom. The summed E-state index contributed by atoms with van der Waals surface area (Å²) >= 11 is 5.18. The quantitative estimate of drug-likeness (QED) is 0.580. The van der Waals surface area contributed by atoms with Crippen LogP contribution in [0.5, 0.6) is 0 Å². The molecule has 20 heavy (non-hydrogen) atoms. The molecule has 1 aromatic heterocycles. The summed E-state index contributed by atoms with van der Waals surface area (Å²) in [4.78, 5) is 5.86. The van der Waals surface area contributed by atoms with Gasteiger partial charge in [0.25, 0.3) is 0 Å². The van der Waals surface area contributed by atoms with Crippen LogP contribution in [0.1, 0.15) is 4.88 Å². The largest absolute Gasteiger partial charge is 0.236 e. The Morgan fingerprint density at radius 1 is 1.05 bits per heavy atom. The molecule has 0 amide bonds. The fourth-order valence-corrected chi connectivity index (χ4v) is 3.42. The van der Waals surface area contributed by atoms with Gasteiger partial charge in [-0.05, 0) is 37.3 Å². The molecule has 3 rings (SSSR count). The first-order valence-electron chi connectivity index (χ1n) is 6.13. The molecule has 0 unspecified atom stereocenters. The highest BCUT2D eigenvalue weighted by Gasteiger charge is 2.13. The van der Waals surface area contributed by atoms with E-state index >= 15 is 0 Å². The molecule has 0 radical (unpaired) electrons. The number of thiazole rings is 1.